The van der Waals surface area contributed by atoms with Crippen LogP contribution >= 0.6 is 0 Å². The highest BCUT2D eigenvalue weighted by molar-refractivity contribution is 5.80. The molecule has 0 aromatic carbocycles. The van der Waals surface area contributed by atoms with Crippen molar-refractivity contribution in [2.45, 2.75) is 19.3 Å². The SMILES string of the molecule is COCCC(N)=NCCCCN. The third-order valence-electron chi connectivity index (χ3n) is 1.49. The minimum absolute atomic E-state index is 0.645. The first-order valence-corrected chi connectivity index (χ1v) is 4.29. The molecule has 0 aromatic heterocycles. The molecule has 0 fully saturated rings. The predicted octanol–water partition coefficient (Wildman–Crippen LogP) is 0.119. The average Bonchev–Trinajstić information content (AvgIpc) is 2.09. The van der Waals surface area contributed by atoms with Crippen molar-refractivity contribution in [1.29, 1.82) is 0 Å². The summed E-state index contributed by atoms with van der Waals surface area (Å²) in [6, 6.07) is 0. The molecule has 0 radical (unpaired) electrons. The maximum atomic E-state index is 5.58. The second-order valence-corrected chi connectivity index (χ2v) is 2.61. The van der Waals surface area contributed by atoms with E-state index in [1.807, 2.05) is 0 Å². The van der Waals surface area contributed by atoms with E-state index in [2.05, 4.69) is 4.99 Å². The van der Waals surface area contributed by atoms with Crippen molar-refractivity contribution in [2.75, 3.05) is 26.8 Å². The molecular weight excluding hydrogens is 154 g/mol. The molecule has 0 aliphatic carbocycles. The van der Waals surface area contributed by atoms with Gasteiger partial charge in [0, 0.05) is 20.1 Å². The Hall–Kier alpha value is -0.610. The van der Waals surface area contributed by atoms with Gasteiger partial charge in [-0.15, -0.1) is 0 Å². The molecule has 0 saturated carbocycles. The number of ether oxygens (including phenoxy) is 1. The fourth-order valence-corrected chi connectivity index (χ4v) is 0.764. The Morgan fingerprint density at radius 3 is 2.75 bits per heavy atom. The molecule has 0 aliphatic rings. The van der Waals surface area contributed by atoms with Gasteiger partial charge in [-0.3, -0.25) is 4.99 Å². The number of hydrogen-bond acceptors (Lipinski definition) is 3. The van der Waals surface area contributed by atoms with Crippen molar-refractivity contribution >= 4 is 5.84 Å². The van der Waals surface area contributed by atoms with Crippen molar-refractivity contribution in [3.63, 3.8) is 0 Å². The van der Waals surface area contributed by atoms with E-state index in [9.17, 15) is 0 Å². The van der Waals surface area contributed by atoms with Crippen molar-refractivity contribution in [3.05, 3.63) is 0 Å². The van der Waals surface area contributed by atoms with Crippen LogP contribution in [-0.2, 0) is 4.74 Å². The summed E-state index contributed by atoms with van der Waals surface area (Å²) in [5.74, 6) is 0.675. The van der Waals surface area contributed by atoms with Gasteiger partial charge in [0.15, 0.2) is 0 Å². The fourth-order valence-electron chi connectivity index (χ4n) is 0.764. The highest BCUT2D eigenvalue weighted by Crippen LogP contribution is 1.88. The van der Waals surface area contributed by atoms with Gasteiger partial charge in [0.2, 0.25) is 0 Å². The number of unbranched alkanes of at least 4 members (excludes halogenated alkanes) is 1. The minimum atomic E-state index is 0.645. The Labute approximate surface area is 74.0 Å². The first kappa shape index (κ1) is 11.4. The summed E-state index contributed by atoms with van der Waals surface area (Å²) >= 11 is 0. The molecular formula is C8H19N3O. The molecule has 4 N–H and O–H groups in total. The lowest BCUT2D eigenvalue weighted by atomic mass is 10.3. The van der Waals surface area contributed by atoms with E-state index in [4.69, 9.17) is 16.2 Å². The van der Waals surface area contributed by atoms with Crippen LogP contribution in [0.25, 0.3) is 0 Å². The van der Waals surface area contributed by atoms with Crippen LogP contribution in [0.3, 0.4) is 0 Å². The number of hydrogen-bond donors (Lipinski definition) is 2. The zero-order valence-electron chi connectivity index (χ0n) is 7.75. The van der Waals surface area contributed by atoms with Gasteiger partial charge >= 0.3 is 0 Å². The van der Waals surface area contributed by atoms with Gasteiger partial charge < -0.3 is 16.2 Å². The predicted molar refractivity (Wildman–Crippen MR) is 51.3 cm³/mol. The number of methoxy groups -OCH3 is 1. The van der Waals surface area contributed by atoms with Gasteiger partial charge in [0.1, 0.15) is 0 Å². The van der Waals surface area contributed by atoms with E-state index in [0.717, 1.165) is 32.4 Å². The first-order valence-electron chi connectivity index (χ1n) is 4.29. The topological polar surface area (TPSA) is 73.6 Å². The summed E-state index contributed by atoms with van der Waals surface area (Å²) < 4.78 is 4.86. The molecule has 0 aromatic rings. The maximum Gasteiger partial charge on any atom is 0.0960 e. The lowest BCUT2D eigenvalue weighted by Crippen LogP contribution is -2.14. The number of nitrogens with two attached hydrogens (primary N) is 2. The summed E-state index contributed by atoms with van der Waals surface area (Å²) in [7, 11) is 1.65. The smallest absolute Gasteiger partial charge is 0.0960 e. The van der Waals surface area contributed by atoms with Crippen LogP contribution in [-0.4, -0.2) is 32.6 Å². The quantitative estimate of drug-likeness (QED) is 0.326. The van der Waals surface area contributed by atoms with Gasteiger partial charge in [-0.1, -0.05) is 0 Å². The number of amidine groups is 1. The molecule has 0 rings (SSSR count). The van der Waals surface area contributed by atoms with Crippen molar-refractivity contribution in [2.24, 2.45) is 16.5 Å². The highest BCUT2D eigenvalue weighted by Gasteiger charge is 1.90. The Kier molecular flexibility index (Phi) is 8.05. The van der Waals surface area contributed by atoms with Crippen LogP contribution in [0.15, 0.2) is 4.99 Å². The van der Waals surface area contributed by atoms with E-state index in [-0.39, 0.29) is 0 Å². The largest absolute Gasteiger partial charge is 0.387 e. The summed E-state index contributed by atoms with van der Waals surface area (Å²) in [5, 5.41) is 0. The van der Waals surface area contributed by atoms with Crippen LogP contribution in [0.1, 0.15) is 19.3 Å². The second-order valence-electron chi connectivity index (χ2n) is 2.61. The third-order valence-corrected chi connectivity index (χ3v) is 1.49. The van der Waals surface area contributed by atoms with Crippen molar-refractivity contribution < 1.29 is 4.74 Å². The van der Waals surface area contributed by atoms with E-state index in [0.29, 0.717) is 12.4 Å². The van der Waals surface area contributed by atoms with Crippen LogP contribution in [0, 0.1) is 0 Å². The zero-order valence-corrected chi connectivity index (χ0v) is 7.75. The van der Waals surface area contributed by atoms with Crippen LogP contribution in [0.2, 0.25) is 0 Å². The van der Waals surface area contributed by atoms with Gasteiger partial charge in [-0.05, 0) is 19.4 Å². The minimum Gasteiger partial charge on any atom is -0.387 e. The molecule has 0 unspecified atom stereocenters. The molecule has 0 amide bonds. The third kappa shape index (κ3) is 7.50. The molecule has 0 bridgehead atoms. The van der Waals surface area contributed by atoms with E-state index < -0.39 is 0 Å². The average molecular weight is 173 g/mol. The fraction of sp³-hybridized carbons (Fsp3) is 0.875. The van der Waals surface area contributed by atoms with Gasteiger partial charge in [-0.2, -0.15) is 0 Å². The molecule has 0 spiro atoms. The number of aliphatic imine (C=N–C) groups is 1. The Morgan fingerprint density at radius 1 is 1.42 bits per heavy atom. The lowest BCUT2D eigenvalue weighted by molar-refractivity contribution is 0.207. The van der Waals surface area contributed by atoms with Crippen LogP contribution in [0.5, 0.6) is 0 Å². The first-order chi connectivity index (χ1) is 5.81. The van der Waals surface area contributed by atoms with Crippen molar-refractivity contribution in [1.82, 2.24) is 0 Å². The number of rotatable bonds is 7. The van der Waals surface area contributed by atoms with Crippen LogP contribution < -0.4 is 11.5 Å². The summed E-state index contributed by atoms with van der Waals surface area (Å²) in [5.41, 5.74) is 10.9. The molecule has 4 nitrogen and oxygen atoms in total. The summed E-state index contributed by atoms with van der Waals surface area (Å²) in [6.07, 6.45) is 2.75. The number of nitrogens with zero attached hydrogens (tertiary/aromatic N) is 1. The van der Waals surface area contributed by atoms with Crippen molar-refractivity contribution in [3.8, 4) is 0 Å². The Balaban J connectivity index is 3.28. The zero-order chi connectivity index (χ0) is 9.23. The van der Waals surface area contributed by atoms with E-state index in [1.165, 1.54) is 0 Å². The van der Waals surface area contributed by atoms with Crippen LogP contribution in [0.4, 0.5) is 0 Å². The molecule has 0 atom stereocenters. The van der Waals surface area contributed by atoms with E-state index in [1.54, 1.807) is 7.11 Å². The Morgan fingerprint density at radius 2 is 2.17 bits per heavy atom. The molecule has 12 heavy (non-hydrogen) atoms. The maximum absolute atomic E-state index is 5.58. The molecule has 0 saturated heterocycles. The molecule has 72 valence electrons. The highest BCUT2D eigenvalue weighted by atomic mass is 16.5. The molecule has 4 heteroatoms. The summed E-state index contributed by atoms with van der Waals surface area (Å²) in [6.45, 7) is 2.16. The van der Waals surface area contributed by atoms with Gasteiger partial charge in [-0.25, -0.2) is 0 Å². The lowest BCUT2D eigenvalue weighted by Gasteiger charge is -1.99. The monoisotopic (exact) mass is 173 g/mol. The standard InChI is InChI=1S/C8H19N3O/c1-12-7-4-8(10)11-6-3-2-5-9/h2-7,9H2,1H3,(H2,10,11). The second kappa shape index (κ2) is 8.49. The summed E-state index contributed by atoms with van der Waals surface area (Å²) in [4.78, 5) is 4.16. The normalized spacial score (nSPS) is 12.0. The Bertz CT molecular complexity index is 125. The van der Waals surface area contributed by atoms with E-state index >= 15 is 0 Å². The molecule has 0 heterocycles. The van der Waals surface area contributed by atoms with Gasteiger partial charge in [0.05, 0.1) is 12.4 Å². The molecule has 0 aliphatic heterocycles. The van der Waals surface area contributed by atoms with Gasteiger partial charge in [0.25, 0.3) is 0 Å².